The maximum atomic E-state index is 5.09. The van der Waals surface area contributed by atoms with Gasteiger partial charge in [-0.1, -0.05) is 35.5 Å². The number of hydrogen-bond acceptors (Lipinski definition) is 5. The quantitative estimate of drug-likeness (QED) is 0.529. The van der Waals surface area contributed by atoms with Gasteiger partial charge in [0.05, 0.1) is 0 Å². The highest BCUT2D eigenvalue weighted by molar-refractivity contribution is 5.79. The van der Waals surface area contributed by atoms with Gasteiger partial charge in [-0.25, -0.2) is 4.99 Å². The van der Waals surface area contributed by atoms with Gasteiger partial charge in [-0.05, 0) is 39.8 Å². The van der Waals surface area contributed by atoms with E-state index in [1.807, 2.05) is 13.0 Å². The lowest BCUT2D eigenvalue weighted by Gasteiger charge is -2.25. The third kappa shape index (κ3) is 6.84. The van der Waals surface area contributed by atoms with Crippen molar-refractivity contribution in [3.8, 4) is 0 Å². The molecule has 0 amide bonds. The van der Waals surface area contributed by atoms with Gasteiger partial charge < -0.3 is 15.2 Å². The number of hydrogen-bond donors (Lipinski definition) is 2. The fraction of sp³-hybridized carbons (Fsp3) is 0.526. The van der Waals surface area contributed by atoms with Crippen molar-refractivity contribution in [3.05, 3.63) is 47.6 Å². The standard InChI is InChI=1S/C19H30N6O/c1-5-20-19(22-13-18-23-16(3)24-26-18)21-12-11-15(2)25(4)14-17-9-7-6-8-10-17/h6-10,15H,5,11-14H2,1-4H3,(H2,20,21,22). The molecule has 0 aliphatic rings. The van der Waals surface area contributed by atoms with Crippen LogP contribution in [-0.4, -0.2) is 47.2 Å². The molecule has 0 aliphatic carbocycles. The van der Waals surface area contributed by atoms with Crippen molar-refractivity contribution < 1.29 is 4.52 Å². The molecule has 2 N–H and O–H groups in total. The van der Waals surface area contributed by atoms with Gasteiger partial charge in [0.25, 0.3) is 0 Å². The molecule has 0 spiro atoms. The predicted molar refractivity (Wildman–Crippen MR) is 104 cm³/mol. The van der Waals surface area contributed by atoms with E-state index in [1.165, 1.54) is 5.56 Å². The van der Waals surface area contributed by atoms with E-state index in [9.17, 15) is 0 Å². The lowest BCUT2D eigenvalue weighted by molar-refractivity contribution is 0.238. The number of rotatable bonds is 9. The first-order valence-corrected chi connectivity index (χ1v) is 9.14. The van der Waals surface area contributed by atoms with Crippen molar-refractivity contribution in [1.29, 1.82) is 0 Å². The molecule has 0 radical (unpaired) electrons. The van der Waals surface area contributed by atoms with Gasteiger partial charge >= 0.3 is 0 Å². The Morgan fingerprint density at radius 1 is 1.27 bits per heavy atom. The SMILES string of the molecule is CCNC(=NCc1nc(C)no1)NCCC(C)N(C)Cc1ccccc1. The van der Waals surface area contributed by atoms with Gasteiger partial charge in [0.15, 0.2) is 11.8 Å². The molecule has 0 bridgehead atoms. The summed E-state index contributed by atoms with van der Waals surface area (Å²) in [5.74, 6) is 1.92. The molecule has 1 aromatic heterocycles. The third-order valence-electron chi connectivity index (χ3n) is 4.17. The molecule has 0 aliphatic heterocycles. The zero-order valence-corrected chi connectivity index (χ0v) is 16.2. The van der Waals surface area contributed by atoms with Gasteiger partial charge in [0, 0.05) is 25.7 Å². The molecule has 1 unspecified atom stereocenters. The van der Waals surface area contributed by atoms with Crippen molar-refractivity contribution in [2.75, 3.05) is 20.1 Å². The van der Waals surface area contributed by atoms with Crippen molar-refractivity contribution >= 4 is 5.96 Å². The zero-order chi connectivity index (χ0) is 18.8. The molecule has 142 valence electrons. The fourth-order valence-corrected chi connectivity index (χ4v) is 2.54. The van der Waals surface area contributed by atoms with Crippen LogP contribution in [0.4, 0.5) is 0 Å². The number of guanidine groups is 1. The van der Waals surface area contributed by atoms with Gasteiger partial charge in [0.2, 0.25) is 5.89 Å². The number of benzene rings is 1. The number of nitrogens with one attached hydrogen (secondary N) is 2. The Bertz CT molecular complexity index is 670. The van der Waals surface area contributed by atoms with Crippen LogP contribution >= 0.6 is 0 Å². The van der Waals surface area contributed by atoms with Crippen LogP contribution in [0.5, 0.6) is 0 Å². The summed E-state index contributed by atoms with van der Waals surface area (Å²) < 4.78 is 5.09. The first-order chi connectivity index (χ1) is 12.6. The summed E-state index contributed by atoms with van der Waals surface area (Å²) >= 11 is 0. The Balaban J connectivity index is 1.77. The Morgan fingerprint density at radius 2 is 2.04 bits per heavy atom. The minimum absolute atomic E-state index is 0.375. The van der Waals surface area contributed by atoms with Crippen molar-refractivity contribution in [2.24, 2.45) is 4.99 Å². The van der Waals surface area contributed by atoms with Gasteiger partial charge in [-0.3, -0.25) is 4.90 Å². The number of aromatic nitrogens is 2. The topological polar surface area (TPSA) is 78.6 Å². The highest BCUT2D eigenvalue weighted by Gasteiger charge is 2.10. The highest BCUT2D eigenvalue weighted by atomic mass is 16.5. The summed E-state index contributed by atoms with van der Waals surface area (Å²) in [5, 5.41) is 10.4. The average molecular weight is 358 g/mol. The molecule has 7 nitrogen and oxygen atoms in total. The van der Waals surface area contributed by atoms with Crippen molar-refractivity contribution in [2.45, 2.75) is 46.3 Å². The number of aliphatic imine (C=N–C) groups is 1. The van der Waals surface area contributed by atoms with Crippen LogP contribution in [0.15, 0.2) is 39.8 Å². The maximum absolute atomic E-state index is 5.09. The summed E-state index contributed by atoms with van der Waals surface area (Å²) in [6.45, 7) is 9.06. The molecular formula is C19H30N6O. The molecule has 0 saturated carbocycles. The third-order valence-corrected chi connectivity index (χ3v) is 4.17. The molecule has 0 fully saturated rings. The Hall–Kier alpha value is -2.41. The monoisotopic (exact) mass is 358 g/mol. The normalized spacial score (nSPS) is 13.0. The first kappa shape index (κ1) is 19.9. The van der Waals surface area contributed by atoms with Crippen LogP contribution in [0.1, 0.15) is 37.5 Å². The van der Waals surface area contributed by atoms with Crippen LogP contribution in [0.25, 0.3) is 0 Å². The Labute approximate surface area is 155 Å². The number of aryl methyl sites for hydroxylation is 1. The van der Waals surface area contributed by atoms with E-state index in [2.05, 4.69) is 68.9 Å². The molecule has 2 aromatic rings. The lowest BCUT2D eigenvalue weighted by atomic mass is 10.1. The fourth-order valence-electron chi connectivity index (χ4n) is 2.54. The van der Waals surface area contributed by atoms with Crippen LogP contribution < -0.4 is 10.6 Å². The van der Waals surface area contributed by atoms with Crippen LogP contribution in [0.2, 0.25) is 0 Å². The summed E-state index contributed by atoms with van der Waals surface area (Å²) in [7, 11) is 2.16. The smallest absolute Gasteiger partial charge is 0.248 e. The molecule has 0 saturated heterocycles. The minimum Gasteiger partial charge on any atom is -0.357 e. The van der Waals surface area contributed by atoms with E-state index >= 15 is 0 Å². The van der Waals surface area contributed by atoms with E-state index in [1.54, 1.807) is 6.92 Å². The molecule has 7 heteroatoms. The molecule has 1 aromatic carbocycles. The van der Waals surface area contributed by atoms with E-state index in [4.69, 9.17) is 4.52 Å². The van der Waals surface area contributed by atoms with Gasteiger partial charge in [-0.15, -0.1) is 0 Å². The summed E-state index contributed by atoms with van der Waals surface area (Å²) in [6.07, 6.45) is 1.02. The Kier molecular flexibility index (Phi) is 8.08. The van der Waals surface area contributed by atoms with Crippen LogP contribution in [-0.2, 0) is 13.1 Å². The molecule has 1 atom stereocenters. The lowest BCUT2D eigenvalue weighted by Crippen LogP contribution is -2.40. The van der Waals surface area contributed by atoms with E-state index in [0.29, 0.717) is 24.3 Å². The van der Waals surface area contributed by atoms with Crippen LogP contribution in [0.3, 0.4) is 0 Å². The van der Waals surface area contributed by atoms with Gasteiger partial charge in [0.1, 0.15) is 6.54 Å². The second kappa shape index (κ2) is 10.6. The molecular weight excluding hydrogens is 328 g/mol. The van der Waals surface area contributed by atoms with Crippen molar-refractivity contribution in [1.82, 2.24) is 25.7 Å². The minimum atomic E-state index is 0.375. The van der Waals surface area contributed by atoms with Crippen LogP contribution in [0, 0.1) is 6.92 Å². The molecule has 1 heterocycles. The average Bonchev–Trinajstić information content (AvgIpc) is 3.05. The van der Waals surface area contributed by atoms with E-state index < -0.39 is 0 Å². The molecule has 26 heavy (non-hydrogen) atoms. The number of nitrogens with zero attached hydrogens (tertiary/aromatic N) is 4. The predicted octanol–water partition coefficient (Wildman–Crippen LogP) is 2.34. The second-order valence-electron chi connectivity index (χ2n) is 6.40. The van der Waals surface area contributed by atoms with Gasteiger partial charge in [-0.2, -0.15) is 4.98 Å². The summed E-state index contributed by atoms with van der Waals surface area (Å²) in [4.78, 5) is 11.0. The second-order valence-corrected chi connectivity index (χ2v) is 6.40. The zero-order valence-electron chi connectivity index (χ0n) is 16.2. The summed E-state index contributed by atoms with van der Waals surface area (Å²) in [6, 6.07) is 11.0. The maximum Gasteiger partial charge on any atom is 0.248 e. The first-order valence-electron chi connectivity index (χ1n) is 9.14. The largest absolute Gasteiger partial charge is 0.357 e. The highest BCUT2D eigenvalue weighted by Crippen LogP contribution is 2.07. The van der Waals surface area contributed by atoms with Crippen molar-refractivity contribution in [3.63, 3.8) is 0 Å². The van der Waals surface area contributed by atoms with E-state index in [-0.39, 0.29) is 0 Å². The Morgan fingerprint density at radius 3 is 2.69 bits per heavy atom. The summed E-state index contributed by atoms with van der Waals surface area (Å²) in [5.41, 5.74) is 1.33. The van der Waals surface area contributed by atoms with E-state index in [0.717, 1.165) is 32.0 Å². The molecule has 2 rings (SSSR count).